The third-order valence-electron chi connectivity index (χ3n) is 1.91. The van der Waals surface area contributed by atoms with Gasteiger partial charge in [0.1, 0.15) is 22.6 Å². The van der Waals surface area contributed by atoms with Crippen molar-refractivity contribution < 1.29 is 8.78 Å². The molecule has 0 atom stereocenters. The molecule has 2 rings (SSSR count). The first kappa shape index (κ1) is 10.8. The molecule has 1 N–H and O–H groups in total. The van der Waals surface area contributed by atoms with Crippen molar-refractivity contribution in [3.8, 4) is 0 Å². The maximum absolute atomic E-state index is 13.3. The summed E-state index contributed by atoms with van der Waals surface area (Å²) in [5.74, 6) is -0.717. The van der Waals surface area contributed by atoms with Gasteiger partial charge in [-0.1, -0.05) is 17.7 Å². The standard InChI is InChI=1S/C11H7ClF2N2/c12-10-2-1-3-11(16-10)15-9-6-7(13)4-5-8(9)14/h1-6H,(H,15,16). The van der Waals surface area contributed by atoms with Gasteiger partial charge in [0.25, 0.3) is 0 Å². The lowest BCUT2D eigenvalue weighted by Crippen LogP contribution is -1.96. The summed E-state index contributed by atoms with van der Waals surface area (Å²) in [5.41, 5.74) is 0.0229. The summed E-state index contributed by atoms with van der Waals surface area (Å²) in [7, 11) is 0. The van der Waals surface area contributed by atoms with E-state index in [1.54, 1.807) is 18.2 Å². The minimum atomic E-state index is -0.553. The highest BCUT2D eigenvalue weighted by Gasteiger charge is 2.04. The fraction of sp³-hybridized carbons (Fsp3) is 0. The molecule has 0 fully saturated rings. The average Bonchev–Trinajstić information content (AvgIpc) is 2.24. The summed E-state index contributed by atoms with van der Waals surface area (Å²) in [6, 6.07) is 8.01. The molecule has 1 aromatic heterocycles. The number of hydrogen-bond acceptors (Lipinski definition) is 2. The van der Waals surface area contributed by atoms with Crippen molar-refractivity contribution in [2.45, 2.75) is 0 Å². The average molecular weight is 241 g/mol. The van der Waals surface area contributed by atoms with Crippen molar-refractivity contribution in [1.82, 2.24) is 4.98 Å². The van der Waals surface area contributed by atoms with E-state index in [4.69, 9.17) is 11.6 Å². The highest BCUT2D eigenvalue weighted by Crippen LogP contribution is 2.20. The summed E-state index contributed by atoms with van der Waals surface area (Å²) >= 11 is 5.66. The van der Waals surface area contributed by atoms with E-state index < -0.39 is 11.6 Å². The Morgan fingerprint density at radius 1 is 1.12 bits per heavy atom. The van der Waals surface area contributed by atoms with E-state index in [1.165, 1.54) is 0 Å². The number of anilines is 2. The lowest BCUT2D eigenvalue weighted by atomic mass is 10.3. The maximum atomic E-state index is 13.3. The second kappa shape index (κ2) is 4.45. The zero-order valence-corrected chi connectivity index (χ0v) is 8.80. The van der Waals surface area contributed by atoms with Crippen LogP contribution in [0.3, 0.4) is 0 Å². The highest BCUT2D eigenvalue weighted by molar-refractivity contribution is 6.29. The molecule has 0 unspecified atom stereocenters. The SMILES string of the molecule is Fc1ccc(F)c(Nc2cccc(Cl)n2)c1. The Morgan fingerprint density at radius 3 is 2.69 bits per heavy atom. The van der Waals surface area contributed by atoms with Crippen LogP contribution >= 0.6 is 11.6 Å². The van der Waals surface area contributed by atoms with Crippen LogP contribution in [0.2, 0.25) is 5.15 Å². The Kier molecular flexibility index (Phi) is 3.01. The van der Waals surface area contributed by atoms with Crippen LogP contribution in [0.5, 0.6) is 0 Å². The lowest BCUT2D eigenvalue weighted by molar-refractivity contribution is 0.603. The number of benzene rings is 1. The highest BCUT2D eigenvalue weighted by atomic mass is 35.5. The molecule has 2 nitrogen and oxygen atoms in total. The second-order valence-electron chi connectivity index (χ2n) is 3.09. The van der Waals surface area contributed by atoms with E-state index in [-0.39, 0.29) is 10.8 Å². The first-order valence-electron chi connectivity index (χ1n) is 4.50. The van der Waals surface area contributed by atoms with Gasteiger partial charge in [-0.15, -0.1) is 0 Å². The van der Waals surface area contributed by atoms with E-state index in [0.29, 0.717) is 5.82 Å². The molecule has 0 aliphatic rings. The Labute approximate surface area is 95.9 Å². The number of rotatable bonds is 2. The molecular weight excluding hydrogens is 234 g/mol. The van der Waals surface area contributed by atoms with E-state index >= 15 is 0 Å². The Balaban J connectivity index is 2.30. The quantitative estimate of drug-likeness (QED) is 0.809. The molecule has 0 radical (unpaired) electrons. The zero-order chi connectivity index (χ0) is 11.5. The van der Waals surface area contributed by atoms with Crippen LogP contribution in [0.15, 0.2) is 36.4 Å². The molecule has 0 saturated carbocycles. The van der Waals surface area contributed by atoms with Crippen molar-refractivity contribution in [2.75, 3.05) is 5.32 Å². The maximum Gasteiger partial charge on any atom is 0.146 e. The smallest absolute Gasteiger partial charge is 0.146 e. The first-order chi connectivity index (χ1) is 7.65. The molecular formula is C11H7ClF2N2. The summed E-state index contributed by atoms with van der Waals surface area (Å²) in [6.45, 7) is 0. The van der Waals surface area contributed by atoms with E-state index in [0.717, 1.165) is 18.2 Å². The van der Waals surface area contributed by atoms with Gasteiger partial charge in [-0.25, -0.2) is 13.8 Å². The van der Waals surface area contributed by atoms with Crippen molar-refractivity contribution in [2.24, 2.45) is 0 Å². The number of aromatic nitrogens is 1. The van der Waals surface area contributed by atoms with Gasteiger partial charge in [0.05, 0.1) is 5.69 Å². The molecule has 0 aliphatic carbocycles. The van der Waals surface area contributed by atoms with Gasteiger partial charge in [-0.2, -0.15) is 0 Å². The number of nitrogens with one attached hydrogen (secondary N) is 1. The zero-order valence-electron chi connectivity index (χ0n) is 8.05. The molecule has 82 valence electrons. The summed E-state index contributed by atoms with van der Waals surface area (Å²) in [6.07, 6.45) is 0. The van der Waals surface area contributed by atoms with Crippen LogP contribution in [-0.4, -0.2) is 4.98 Å². The Morgan fingerprint density at radius 2 is 1.94 bits per heavy atom. The second-order valence-corrected chi connectivity index (χ2v) is 3.48. The third kappa shape index (κ3) is 2.46. The number of nitrogens with zero attached hydrogens (tertiary/aromatic N) is 1. The van der Waals surface area contributed by atoms with Crippen molar-refractivity contribution in [3.05, 3.63) is 53.2 Å². The molecule has 0 amide bonds. The van der Waals surface area contributed by atoms with Gasteiger partial charge in [-0.05, 0) is 24.3 Å². The molecule has 5 heteroatoms. The molecule has 0 aliphatic heterocycles. The molecule has 2 aromatic rings. The summed E-state index contributed by atoms with van der Waals surface area (Å²) in [4.78, 5) is 3.90. The predicted octanol–water partition coefficient (Wildman–Crippen LogP) is 3.76. The van der Waals surface area contributed by atoms with E-state index in [9.17, 15) is 8.78 Å². The van der Waals surface area contributed by atoms with Gasteiger partial charge in [0.2, 0.25) is 0 Å². The topological polar surface area (TPSA) is 24.9 Å². The normalized spacial score (nSPS) is 10.2. The van der Waals surface area contributed by atoms with Crippen LogP contribution in [0, 0.1) is 11.6 Å². The van der Waals surface area contributed by atoms with Crippen LogP contribution < -0.4 is 5.32 Å². The molecule has 1 heterocycles. The monoisotopic (exact) mass is 240 g/mol. The fourth-order valence-electron chi connectivity index (χ4n) is 1.21. The van der Waals surface area contributed by atoms with E-state index in [2.05, 4.69) is 10.3 Å². The van der Waals surface area contributed by atoms with Crippen LogP contribution in [0.1, 0.15) is 0 Å². The Bertz CT molecular complexity index is 517. The summed E-state index contributed by atoms with van der Waals surface area (Å²) in [5, 5.41) is 2.92. The van der Waals surface area contributed by atoms with Crippen molar-refractivity contribution in [1.29, 1.82) is 0 Å². The summed E-state index contributed by atoms with van der Waals surface area (Å²) < 4.78 is 26.1. The predicted molar refractivity (Wildman–Crippen MR) is 58.9 cm³/mol. The first-order valence-corrected chi connectivity index (χ1v) is 4.87. The fourth-order valence-corrected chi connectivity index (χ4v) is 1.37. The van der Waals surface area contributed by atoms with E-state index in [1.807, 2.05) is 0 Å². The number of hydrogen-bond donors (Lipinski definition) is 1. The number of halogens is 3. The van der Waals surface area contributed by atoms with Crippen molar-refractivity contribution in [3.63, 3.8) is 0 Å². The molecule has 16 heavy (non-hydrogen) atoms. The lowest BCUT2D eigenvalue weighted by Gasteiger charge is -2.06. The molecule has 0 saturated heterocycles. The molecule has 0 bridgehead atoms. The van der Waals surface area contributed by atoms with Gasteiger partial charge < -0.3 is 5.32 Å². The third-order valence-corrected chi connectivity index (χ3v) is 2.12. The van der Waals surface area contributed by atoms with Gasteiger partial charge >= 0.3 is 0 Å². The minimum absolute atomic E-state index is 0.0229. The van der Waals surface area contributed by atoms with Crippen LogP contribution in [0.25, 0.3) is 0 Å². The van der Waals surface area contributed by atoms with Gasteiger partial charge in [0.15, 0.2) is 0 Å². The van der Waals surface area contributed by atoms with Gasteiger partial charge in [0, 0.05) is 6.07 Å². The molecule has 1 aromatic carbocycles. The molecule has 0 spiro atoms. The minimum Gasteiger partial charge on any atom is -0.338 e. The van der Waals surface area contributed by atoms with Gasteiger partial charge in [-0.3, -0.25) is 0 Å². The van der Waals surface area contributed by atoms with Crippen LogP contribution in [-0.2, 0) is 0 Å². The largest absolute Gasteiger partial charge is 0.338 e. The Hall–Kier alpha value is -1.68. The van der Waals surface area contributed by atoms with Crippen LogP contribution in [0.4, 0.5) is 20.3 Å². The number of pyridine rings is 1. The van der Waals surface area contributed by atoms with Crippen molar-refractivity contribution >= 4 is 23.1 Å².